The lowest BCUT2D eigenvalue weighted by Crippen LogP contribution is -2.32. The van der Waals surface area contributed by atoms with Crippen LogP contribution in [0.25, 0.3) is 11.1 Å². The Kier molecular flexibility index (Phi) is 3.05. The normalized spacial score (nSPS) is 16.7. The lowest BCUT2D eigenvalue weighted by molar-refractivity contribution is 0.0257. The standard InChI is InChI=1S/C14H11ClFNO2/c1-17-14-18-12-7-8(15)6-10(13(12)19-14)9-4-2-3-5-11(9)16/h2-7,14,17H,1H3. The van der Waals surface area contributed by atoms with Crippen LogP contribution in [-0.2, 0) is 0 Å². The summed E-state index contributed by atoms with van der Waals surface area (Å²) in [4.78, 5) is 0. The Balaban J connectivity index is 2.16. The summed E-state index contributed by atoms with van der Waals surface area (Å²) in [5.41, 5.74) is 1.01. The largest absolute Gasteiger partial charge is 0.438 e. The number of rotatable bonds is 2. The molecule has 2 aromatic carbocycles. The van der Waals surface area contributed by atoms with Crippen molar-refractivity contribution >= 4 is 11.6 Å². The van der Waals surface area contributed by atoms with Gasteiger partial charge in [-0.15, -0.1) is 0 Å². The van der Waals surface area contributed by atoms with Crippen molar-refractivity contribution in [3.63, 3.8) is 0 Å². The fourth-order valence-corrected chi connectivity index (χ4v) is 2.23. The SMILES string of the molecule is CNC1Oc2cc(Cl)cc(-c3ccccc3F)c2O1. The third kappa shape index (κ3) is 2.13. The lowest BCUT2D eigenvalue weighted by Gasteiger charge is -2.09. The van der Waals surface area contributed by atoms with Crippen molar-refractivity contribution in [1.82, 2.24) is 5.32 Å². The van der Waals surface area contributed by atoms with Crippen LogP contribution in [-0.4, -0.2) is 13.5 Å². The number of hydrogen-bond donors (Lipinski definition) is 1. The Morgan fingerprint density at radius 1 is 1.16 bits per heavy atom. The van der Waals surface area contributed by atoms with Crippen LogP contribution in [0.1, 0.15) is 0 Å². The highest BCUT2D eigenvalue weighted by atomic mass is 35.5. The molecule has 0 aliphatic carbocycles. The maximum atomic E-state index is 13.9. The van der Waals surface area contributed by atoms with E-state index >= 15 is 0 Å². The van der Waals surface area contributed by atoms with Crippen molar-refractivity contribution in [1.29, 1.82) is 0 Å². The summed E-state index contributed by atoms with van der Waals surface area (Å²) in [6.07, 6.45) is -0.584. The molecule has 1 aliphatic heterocycles. The molecule has 0 amide bonds. The molecule has 1 N–H and O–H groups in total. The van der Waals surface area contributed by atoms with E-state index in [9.17, 15) is 4.39 Å². The summed E-state index contributed by atoms with van der Waals surface area (Å²) in [6, 6.07) is 9.79. The van der Waals surface area contributed by atoms with Crippen molar-refractivity contribution < 1.29 is 13.9 Å². The van der Waals surface area contributed by atoms with Crippen LogP contribution in [0.4, 0.5) is 4.39 Å². The van der Waals surface area contributed by atoms with Gasteiger partial charge in [0.15, 0.2) is 11.5 Å². The quantitative estimate of drug-likeness (QED) is 0.914. The van der Waals surface area contributed by atoms with Crippen molar-refractivity contribution in [2.45, 2.75) is 6.41 Å². The molecule has 3 rings (SSSR count). The van der Waals surface area contributed by atoms with Gasteiger partial charge in [-0.25, -0.2) is 4.39 Å². The van der Waals surface area contributed by atoms with Crippen LogP contribution >= 0.6 is 11.6 Å². The third-order valence-electron chi connectivity index (χ3n) is 2.88. The molecule has 1 unspecified atom stereocenters. The van der Waals surface area contributed by atoms with E-state index in [1.54, 1.807) is 37.4 Å². The smallest absolute Gasteiger partial charge is 0.302 e. The molecule has 98 valence electrons. The van der Waals surface area contributed by atoms with Gasteiger partial charge in [-0.1, -0.05) is 29.8 Å². The maximum absolute atomic E-state index is 13.9. The van der Waals surface area contributed by atoms with E-state index in [1.807, 2.05) is 0 Å². The second kappa shape index (κ2) is 4.72. The molecule has 0 saturated carbocycles. The second-order valence-electron chi connectivity index (χ2n) is 4.12. The van der Waals surface area contributed by atoms with Gasteiger partial charge >= 0.3 is 6.41 Å². The van der Waals surface area contributed by atoms with Gasteiger partial charge in [-0.05, 0) is 19.2 Å². The minimum Gasteiger partial charge on any atom is -0.438 e. The topological polar surface area (TPSA) is 30.5 Å². The first-order chi connectivity index (χ1) is 9.19. The molecule has 0 spiro atoms. The highest BCUT2D eigenvalue weighted by molar-refractivity contribution is 6.31. The number of fused-ring (bicyclic) bond motifs is 1. The number of hydrogen-bond acceptors (Lipinski definition) is 3. The zero-order chi connectivity index (χ0) is 13.4. The predicted octanol–water partition coefficient (Wildman–Crippen LogP) is 3.42. The van der Waals surface area contributed by atoms with Crippen LogP contribution in [0.2, 0.25) is 5.02 Å². The molecule has 19 heavy (non-hydrogen) atoms. The zero-order valence-corrected chi connectivity index (χ0v) is 10.9. The molecule has 1 heterocycles. The molecule has 0 fully saturated rings. The first-order valence-electron chi connectivity index (χ1n) is 5.78. The van der Waals surface area contributed by atoms with E-state index in [4.69, 9.17) is 21.1 Å². The fourth-order valence-electron chi connectivity index (χ4n) is 2.02. The molecular formula is C14H11ClFNO2. The van der Waals surface area contributed by atoms with Gasteiger partial charge in [-0.2, -0.15) is 0 Å². The summed E-state index contributed by atoms with van der Waals surface area (Å²) >= 11 is 6.04. The number of benzene rings is 2. The van der Waals surface area contributed by atoms with Gasteiger partial charge in [-0.3, -0.25) is 5.32 Å². The van der Waals surface area contributed by atoms with E-state index in [0.29, 0.717) is 27.6 Å². The van der Waals surface area contributed by atoms with Crippen LogP contribution in [0, 0.1) is 5.82 Å². The molecule has 3 nitrogen and oxygen atoms in total. The highest BCUT2D eigenvalue weighted by Gasteiger charge is 2.27. The Labute approximate surface area is 114 Å². The van der Waals surface area contributed by atoms with E-state index in [2.05, 4.69) is 5.32 Å². The van der Waals surface area contributed by atoms with Gasteiger partial charge in [0.05, 0.1) is 0 Å². The van der Waals surface area contributed by atoms with E-state index in [0.717, 1.165) is 0 Å². The van der Waals surface area contributed by atoms with Crippen LogP contribution in [0.3, 0.4) is 0 Å². The fraction of sp³-hybridized carbons (Fsp3) is 0.143. The molecule has 0 aromatic heterocycles. The average molecular weight is 280 g/mol. The maximum Gasteiger partial charge on any atom is 0.302 e. The molecule has 0 radical (unpaired) electrons. The van der Waals surface area contributed by atoms with Gasteiger partial charge in [0.25, 0.3) is 0 Å². The Morgan fingerprint density at radius 2 is 1.95 bits per heavy atom. The number of ether oxygens (including phenoxy) is 2. The predicted molar refractivity (Wildman–Crippen MR) is 70.9 cm³/mol. The number of halogens is 2. The summed E-state index contributed by atoms with van der Waals surface area (Å²) in [5, 5.41) is 3.31. The molecular weight excluding hydrogens is 269 g/mol. The van der Waals surface area contributed by atoms with Crippen LogP contribution < -0.4 is 14.8 Å². The monoisotopic (exact) mass is 279 g/mol. The zero-order valence-electron chi connectivity index (χ0n) is 10.1. The second-order valence-corrected chi connectivity index (χ2v) is 4.55. The summed E-state index contributed by atoms with van der Waals surface area (Å²) in [6.45, 7) is 0. The summed E-state index contributed by atoms with van der Waals surface area (Å²) in [5.74, 6) is 0.669. The molecule has 5 heteroatoms. The molecule has 0 saturated heterocycles. The van der Waals surface area contributed by atoms with Gasteiger partial charge in [0, 0.05) is 22.2 Å². The Hall–Kier alpha value is -1.78. The Bertz CT molecular complexity index is 633. The third-order valence-corrected chi connectivity index (χ3v) is 3.10. The summed E-state index contributed by atoms with van der Waals surface area (Å²) < 4.78 is 25.0. The number of nitrogens with one attached hydrogen (secondary N) is 1. The van der Waals surface area contributed by atoms with Crippen LogP contribution in [0.15, 0.2) is 36.4 Å². The molecule has 1 atom stereocenters. The van der Waals surface area contributed by atoms with Crippen LogP contribution in [0.5, 0.6) is 11.5 Å². The van der Waals surface area contributed by atoms with E-state index in [-0.39, 0.29) is 5.82 Å². The lowest BCUT2D eigenvalue weighted by atomic mass is 10.0. The Morgan fingerprint density at radius 3 is 2.68 bits per heavy atom. The highest BCUT2D eigenvalue weighted by Crippen LogP contribution is 2.45. The molecule has 0 bridgehead atoms. The van der Waals surface area contributed by atoms with Gasteiger partial charge in [0.1, 0.15) is 5.82 Å². The van der Waals surface area contributed by atoms with Gasteiger partial charge < -0.3 is 9.47 Å². The van der Waals surface area contributed by atoms with Crippen molar-refractivity contribution in [2.75, 3.05) is 7.05 Å². The first kappa shape index (κ1) is 12.3. The minimum absolute atomic E-state index is 0.330. The molecule has 1 aliphatic rings. The first-order valence-corrected chi connectivity index (χ1v) is 6.16. The van der Waals surface area contributed by atoms with E-state index in [1.165, 1.54) is 6.07 Å². The van der Waals surface area contributed by atoms with Gasteiger partial charge in [0.2, 0.25) is 0 Å². The van der Waals surface area contributed by atoms with Crippen molar-refractivity contribution in [2.24, 2.45) is 0 Å². The van der Waals surface area contributed by atoms with E-state index < -0.39 is 6.41 Å². The van der Waals surface area contributed by atoms with Crippen molar-refractivity contribution in [3.05, 3.63) is 47.2 Å². The average Bonchev–Trinajstić information content (AvgIpc) is 2.81. The summed E-state index contributed by atoms with van der Waals surface area (Å²) in [7, 11) is 1.71. The minimum atomic E-state index is -0.584. The van der Waals surface area contributed by atoms with Crippen molar-refractivity contribution in [3.8, 4) is 22.6 Å². The molecule has 2 aromatic rings.